The first-order valence-corrected chi connectivity index (χ1v) is 8.46. The van der Waals surface area contributed by atoms with Gasteiger partial charge in [-0.25, -0.2) is 13.4 Å². The highest BCUT2D eigenvalue weighted by Crippen LogP contribution is 2.14. The van der Waals surface area contributed by atoms with E-state index in [0.717, 1.165) is 11.7 Å². The van der Waals surface area contributed by atoms with Gasteiger partial charge in [-0.2, -0.15) is 14.4 Å². The van der Waals surface area contributed by atoms with E-state index in [-0.39, 0.29) is 18.2 Å². The second-order valence-corrected chi connectivity index (χ2v) is 6.64. The maximum absolute atomic E-state index is 12.9. The van der Waals surface area contributed by atoms with Crippen LogP contribution in [0.25, 0.3) is 0 Å². The van der Waals surface area contributed by atoms with Crippen molar-refractivity contribution in [1.29, 1.82) is 0 Å². The molecule has 1 heterocycles. The third-order valence-corrected chi connectivity index (χ3v) is 4.13. The van der Waals surface area contributed by atoms with Crippen LogP contribution >= 0.6 is 0 Å². The second kappa shape index (κ2) is 7.59. The van der Waals surface area contributed by atoms with E-state index in [1.165, 1.54) is 6.07 Å². The molecule has 0 aliphatic carbocycles. The van der Waals surface area contributed by atoms with Gasteiger partial charge < -0.3 is 10.6 Å². The summed E-state index contributed by atoms with van der Waals surface area (Å²) in [4.78, 5) is 22.5. The fourth-order valence-corrected chi connectivity index (χ4v) is 2.25. The van der Waals surface area contributed by atoms with Crippen molar-refractivity contribution in [2.75, 3.05) is 17.6 Å². The number of nitrogens with one attached hydrogen (secondary N) is 2. The summed E-state index contributed by atoms with van der Waals surface area (Å²) >= 11 is 0. The molecule has 1 aromatic heterocycles. The standard InChI is InChI=1S/C14H14FN5O3S/c1-2-24(22,23)7-6-16-12(21)10-4-3-5-11(8-10)19-14-18-9-17-13(15)20-14/h2-5,8-9H,1,6-7H2,(H,16,21)(H,17,18,19,20). The van der Waals surface area contributed by atoms with Crippen molar-refractivity contribution in [2.45, 2.75) is 0 Å². The zero-order chi connectivity index (χ0) is 17.6. The molecule has 1 aromatic carbocycles. The van der Waals surface area contributed by atoms with Gasteiger partial charge in [-0.05, 0) is 18.2 Å². The van der Waals surface area contributed by atoms with Gasteiger partial charge in [-0.15, -0.1) is 0 Å². The van der Waals surface area contributed by atoms with Crippen molar-refractivity contribution in [1.82, 2.24) is 20.3 Å². The number of nitrogens with zero attached hydrogens (tertiary/aromatic N) is 3. The number of rotatable bonds is 7. The smallest absolute Gasteiger partial charge is 0.313 e. The predicted molar refractivity (Wildman–Crippen MR) is 85.8 cm³/mol. The molecule has 0 aliphatic rings. The minimum absolute atomic E-state index is 0.00265. The second-order valence-electron chi connectivity index (χ2n) is 4.57. The number of hydrogen-bond donors (Lipinski definition) is 2. The van der Waals surface area contributed by atoms with Gasteiger partial charge in [0.2, 0.25) is 5.95 Å². The highest BCUT2D eigenvalue weighted by molar-refractivity contribution is 7.94. The SMILES string of the molecule is C=CS(=O)(=O)CCNC(=O)c1cccc(Nc2ncnc(F)n2)c1. The normalized spacial score (nSPS) is 10.9. The number of anilines is 2. The van der Waals surface area contributed by atoms with Gasteiger partial charge in [-0.1, -0.05) is 12.6 Å². The van der Waals surface area contributed by atoms with Crippen LogP contribution < -0.4 is 10.6 Å². The zero-order valence-electron chi connectivity index (χ0n) is 12.4. The van der Waals surface area contributed by atoms with Crippen LogP contribution in [0.3, 0.4) is 0 Å². The van der Waals surface area contributed by atoms with Crippen molar-refractivity contribution in [3.63, 3.8) is 0 Å². The maximum Gasteiger partial charge on any atom is 0.313 e. The van der Waals surface area contributed by atoms with E-state index in [2.05, 4.69) is 32.2 Å². The van der Waals surface area contributed by atoms with E-state index >= 15 is 0 Å². The lowest BCUT2D eigenvalue weighted by molar-refractivity contribution is 0.0956. The Morgan fingerprint density at radius 3 is 2.83 bits per heavy atom. The molecule has 0 saturated carbocycles. The van der Waals surface area contributed by atoms with Crippen molar-refractivity contribution in [2.24, 2.45) is 0 Å². The summed E-state index contributed by atoms with van der Waals surface area (Å²) in [5.74, 6) is -0.679. The minimum atomic E-state index is -3.37. The Morgan fingerprint density at radius 1 is 1.33 bits per heavy atom. The quantitative estimate of drug-likeness (QED) is 0.766. The molecule has 1 amide bonds. The van der Waals surface area contributed by atoms with Crippen molar-refractivity contribution in [3.05, 3.63) is 54.2 Å². The fourth-order valence-electron chi connectivity index (χ4n) is 1.70. The van der Waals surface area contributed by atoms with Gasteiger partial charge >= 0.3 is 6.08 Å². The van der Waals surface area contributed by atoms with E-state index in [9.17, 15) is 17.6 Å². The molecule has 0 radical (unpaired) electrons. The number of benzene rings is 1. The highest BCUT2D eigenvalue weighted by Gasteiger charge is 2.09. The van der Waals surface area contributed by atoms with E-state index in [1.54, 1.807) is 18.2 Å². The Kier molecular flexibility index (Phi) is 5.53. The molecule has 2 aromatic rings. The fraction of sp³-hybridized carbons (Fsp3) is 0.143. The average Bonchev–Trinajstić information content (AvgIpc) is 2.55. The molecule has 0 spiro atoms. The first-order chi connectivity index (χ1) is 11.4. The van der Waals surface area contributed by atoms with E-state index < -0.39 is 21.8 Å². The number of hydrogen-bond acceptors (Lipinski definition) is 7. The monoisotopic (exact) mass is 351 g/mol. The van der Waals surface area contributed by atoms with Crippen LogP contribution in [0.4, 0.5) is 16.0 Å². The first kappa shape index (κ1) is 17.5. The third kappa shape index (κ3) is 5.09. The largest absolute Gasteiger partial charge is 0.351 e. The van der Waals surface area contributed by atoms with E-state index in [4.69, 9.17) is 0 Å². The maximum atomic E-state index is 12.9. The molecular formula is C14H14FN5O3S. The van der Waals surface area contributed by atoms with Crippen LogP contribution in [0.5, 0.6) is 0 Å². The molecule has 2 rings (SSSR count). The average molecular weight is 351 g/mol. The summed E-state index contributed by atoms with van der Waals surface area (Å²) in [6, 6.07) is 6.30. The topological polar surface area (TPSA) is 114 Å². The Hall–Kier alpha value is -2.88. The summed E-state index contributed by atoms with van der Waals surface area (Å²) < 4.78 is 35.5. The summed E-state index contributed by atoms with van der Waals surface area (Å²) in [6.07, 6.45) is 0.0891. The lowest BCUT2D eigenvalue weighted by Gasteiger charge is -2.08. The van der Waals surface area contributed by atoms with Crippen molar-refractivity contribution < 1.29 is 17.6 Å². The number of carbonyl (C=O) groups is 1. The minimum Gasteiger partial charge on any atom is -0.351 e. The van der Waals surface area contributed by atoms with Gasteiger partial charge in [0.15, 0.2) is 9.84 Å². The Balaban J connectivity index is 2.01. The molecule has 0 bridgehead atoms. The summed E-state index contributed by atoms with van der Waals surface area (Å²) in [5, 5.41) is 6.08. The van der Waals surface area contributed by atoms with Crippen LogP contribution in [0, 0.1) is 6.08 Å². The van der Waals surface area contributed by atoms with Gasteiger partial charge in [-0.3, -0.25) is 4.79 Å². The van der Waals surface area contributed by atoms with Crippen LogP contribution in [0.2, 0.25) is 0 Å². The first-order valence-electron chi connectivity index (χ1n) is 6.74. The van der Waals surface area contributed by atoms with Gasteiger partial charge in [0, 0.05) is 23.2 Å². The Morgan fingerprint density at radius 2 is 2.12 bits per heavy atom. The Labute approximate surface area is 137 Å². The number of amides is 1. The van der Waals surface area contributed by atoms with Crippen molar-refractivity contribution in [3.8, 4) is 0 Å². The van der Waals surface area contributed by atoms with Gasteiger partial charge in [0.05, 0.1) is 5.75 Å². The number of sulfone groups is 1. The van der Waals surface area contributed by atoms with E-state index in [0.29, 0.717) is 11.3 Å². The number of aromatic nitrogens is 3. The van der Waals surface area contributed by atoms with E-state index in [1.807, 2.05) is 0 Å². The lowest BCUT2D eigenvalue weighted by atomic mass is 10.2. The molecule has 24 heavy (non-hydrogen) atoms. The summed E-state index contributed by atoms with van der Waals surface area (Å²) in [7, 11) is -3.37. The van der Waals surface area contributed by atoms with Gasteiger partial charge in [0.1, 0.15) is 6.33 Å². The van der Waals surface area contributed by atoms with Gasteiger partial charge in [0.25, 0.3) is 5.91 Å². The molecule has 0 atom stereocenters. The van der Waals surface area contributed by atoms with Crippen molar-refractivity contribution >= 4 is 27.4 Å². The predicted octanol–water partition coefficient (Wildman–Crippen LogP) is 1.04. The number of halogens is 1. The molecule has 0 aliphatic heterocycles. The molecule has 126 valence electrons. The lowest BCUT2D eigenvalue weighted by Crippen LogP contribution is -2.28. The molecule has 8 nitrogen and oxygen atoms in total. The molecule has 2 N–H and O–H groups in total. The molecular weight excluding hydrogens is 337 g/mol. The molecule has 0 unspecified atom stereocenters. The number of carbonyl (C=O) groups excluding carboxylic acids is 1. The van der Waals surface area contributed by atoms with Crippen LogP contribution in [-0.2, 0) is 9.84 Å². The Bertz CT molecular complexity index is 857. The summed E-state index contributed by atoms with van der Waals surface area (Å²) in [5.41, 5.74) is 0.762. The van der Waals surface area contributed by atoms with Crippen LogP contribution in [0.1, 0.15) is 10.4 Å². The molecule has 10 heteroatoms. The summed E-state index contributed by atoms with van der Waals surface area (Å²) in [6.45, 7) is 3.16. The highest BCUT2D eigenvalue weighted by atomic mass is 32.2. The molecule has 0 saturated heterocycles. The van der Waals surface area contributed by atoms with Crippen LogP contribution in [0.15, 0.2) is 42.6 Å². The van der Waals surface area contributed by atoms with Crippen LogP contribution in [-0.4, -0.2) is 41.6 Å². The zero-order valence-corrected chi connectivity index (χ0v) is 13.3. The third-order valence-electron chi connectivity index (χ3n) is 2.85. The molecule has 0 fully saturated rings.